The first-order chi connectivity index (χ1) is 7.16. The first-order valence-electron chi connectivity index (χ1n) is 5.20. The van der Waals surface area contributed by atoms with Gasteiger partial charge in [-0.25, -0.2) is 0 Å². The van der Waals surface area contributed by atoms with Crippen LogP contribution in [0.25, 0.3) is 10.9 Å². The Kier molecular flexibility index (Phi) is 2.69. The Balaban J connectivity index is 2.60. The van der Waals surface area contributed by atoms with Gasteiger partial charge in [-0.3, -0.25) is 4.98 Å². The van der Waals surface area contributed by atoms with Crippen LogP contribution in [0.1, 0.15) is 18.2 Å². The van der Waals surface area contributed by atoms with Gasteiger partial charge in [0.25, 0.3) is 0 Å². The molecule has 2 heteroatoms. The van der Waals surface area contributed by atoms with Gasteiger partial charge in [0.15, 0.2) is 0 Å². The van der Waals surface area contributed by atoms with Crippen LogP contribution in [0.4, 0.5) is 0 Å². The van der Waals surface area contributed by atoms with Crippen molar-refractivity contribution in [2.75, 3.05) is 0 Å². The lowest BCUT2D eigenvalue weighted by molar-refractivity contribution is 0.196. The van der Waals surface area contributed by atoms with Crippen LogP contribution in [0.5, 0.6) is 0 Å². The number of aliphatic hydroxyl groups is 1. The molecule has 78 valence electrons. The van der Waals surface area contributed by atoms with Crippen molar-refractivity contribution < 1.29 is 5.11 Å². The second-order valence-corrected chi connectivity index (χ2v) is 3.99. The van der Waals surface area contributed by atoms with Gasteiger partial charge >= 0.3 is 0 Å². The molecule has 0 amide bonds. The summed E-state index contributed by atoms with van der Waals surface area (Å²) in [6, 6.07) is 10.1. The Morgan fingerprint density at radius 3 is 2.80 bits per heavy atom. The molecule has 15 heavy (non-hydrogen) atoms. The van der Waals surface area contributed by atoms with Gasteiger partial charge in [0.2, 0.25) is 0 Å². The predicted octanol–water partition coefficient (Wildman–Crippen LogP) is 2.47. The van der Waals surface area contributed by atoms with E-state index in [1.807, 2.05) is 32.0 Å². The van der Waals surface area contributed by atoms with E-state index in [1.165, 1.54) is 5.56 Å². The summed E-state index contributed by atoms with van der Waals surface area (Å²) in [7, 11) is 0. The molecule has 0 bridgehead atoms. The molecule has 1 atom stereocenters. The molecule has 0 aliphatic carbocycles. The summed E-state index contributed by atoms with van der Waals surface area (Å²) in [6.07, 6.45) is 0.374. The van der Waals surface area contributed by atoms with Gasteiger partial charge in [-0.05, 0) is 38.0 Å². The van der Waals surface area contributed by atoms with Crippen LogP contribution in [-0.2, 0) is 6.42 Å². The quantitative estimate of drug-likeness (QED) is 0.809. The highest BCUT2D eigenvalue weighted by Crippen LogP contribution is 2.19. The molecule has 2 rings (SSSR count). The number of aromatic nitrogens is 1. The summed E-state index contributed by atoms with van der Waals surface area (Å²) in [4.78, 5) is 4.46. The predicted molar refractivity (Wildman–Crippen MR) is 61.9 cm³/mol. The first-order valence-corrected chi connectivity index (χ1v) is 5.20. The Bertz CT molecular complexity index is 477. The van der Waals surface area contributed by atoms with Crippen LogP contribution >= 0.6 is 0 Å². The zero-order valence-corrected chi connectivity index (χ0v) is 9.07. The molecule has 1 N–H and O–H groups in total. The number of hydrogen-bond acceptors (Lipinski definition) is 2. The summed E-state index contributed by atoms with van der Waals surface area (Å²) in [5.41, 5.74) is 3.19. The highest BCUT2D eigenvalue weighted by Gasteiger charge is 2.05. The number of rotatable bonds is 2. The third-order valence-corrected chi connectivity index (χ3v) is 2.45. The van der Waals surface area contributed by atoms with E-state index in [0.717, 1.165) is 16.6 Å². The SMILES string of the molecule is Cc1cc(C[C@@H](C)O)c2ccccc2n1. The van der Waals surface area contributed by atoms with Gasteiger partial charge in [-0.1, -0.05) is 18.2 Å². The van der Waals surface area contributed by atoms with Crippen LogP contribution in [-0.4, -0.2) is 16.2 Å². The van der Waals surface area contributed by atoms with Crippen molar-refractivity contribution in [2.24, 2.45) is 0 Å². The number of para-hydroxylation sites is 1. The topological polar surface area (TPSA) is 33.1 Å². The van der Waals surface area contributed by atoms with Crippen molar-refractivity contribution in [3.63, 3.8) is 0 Å². The summed E-state index contributed by atoms with van der Waals surface area (Å²) >= 11 is 0. The number of nitrogens with zero attached hydrogens (tertiary/aromatic N) is 1. The van der Waals surface area contributed by atoms with E-state index >= 15 is 0 Å². The van der Waals surface area contributed by atoms with E-state index in [1.54, 1.807) is 0 Å². The lowest BCUT2D eigenvalue weighted by Gasteiger charge is -2.09. The molecule has 0 fully saturated rings. The smallest absolute Gasteiger partial charge is 0.0707 e. The van der Waals surface area contributed by atoms with E-state index < -0.39 is 0 Å². The average molecular weight is 201 g/mol. The van der Waals surface area contributed by atoms with Crippen molar-refractivity contribution >= 4 is 10.9 Å². The largest absolute Gasteiger partial charge is 0.393 e. The lowest BCUT2D eigenvalue weighted by Crippen LogP contribution is -2.05. The maximum Gasteiger partial charge on any atom is 0.0707 e. The monoisotopic (exact) mass is 201 g/mol. The molecule has 0 saturated carbocycles. The molecular weight excluding hydrogens is 186 g/mol. The molecule has 1 aromatic heterocycles. The third-order valence-electron chi connectivity index (χ3n) is 2.45. The van der Waals surface area contributed by atoms with Gasteiger partial charge < -0.3 is 5.11 Å². The fourth-order valence-electron chi connectivity index (χ4n) is 1.88. The van der Waals surface area contributed by atoms with Gasteiger partial charge in [0, 0.05) is 11.1 Å². The first kappa shape index (κ1) is 10.1. The van der Waals surface area contributed by atoms with Crippen LogP contribution < -0.4 is 0 Å². The van der Waals surface area contributed by atoms with Crippen molar-refractivity contribution in [1.29, 1.82) is 0 Å². The van der Waals surface area contributed by atoms with Crippen molar-refractivity contribution in [2.45, 2.75) is 26.4 Å². The van der Waals surface area contributed by atoms with Gasteiger partial charge in [-0.2, -0.15) is 0 Å². The number of hydrogen-bond donors (Lipinski definition) is 1. The van der Waals surface area contributed by atoms with Crippen molar-refractivity contribution in [3.05, 3.63) is 41.6 Å². The molecule has 0 saturated heterocycles. The van der Waals surface area contributed by atoms with Crippen LogP contribution in [0.15, 0.2) is 30.3 Å². The van der Waals surface area contributed by atoms with Gasteiger partial charge in [0.05, 0.1) is 11.6 Å². The minimum Gasteiger partial charge on any atom is -0.393 e. The Hall–Kier alpha value is -1.41. The molecular formula is C13H15NO. The minimum absolute atomic E-state index is 0.310. The Morgan fingerprint density at radius 1 is 1.33 bits per heavy atom. The van der Waals surface area contributed by atoms with Crippen molar-refractivity contribution in [3.8, 4) is 0 Å². The second kappa shape index (κ2) is 3.99. The fourth-order valence-corrected chi connectivity index (χ4v) is 1.88. The number of benzene rings is 1. The van der Waals surface area contributed by atoms with Crippen LogP contribution in [0.2, 0.25) is 0 Å². The maximum atomic E-state index is 9.44. The van der Waals surface area contributed by atoms with E-state index in [2.05, 4.69) is 17.1 Å². The van der Waals surface area contributed by atoms with E-state index in [-0.39, 0.29) is 6.10 Å². The van der Waals surface area contributed by atoms with E-state index in [4.69, 9.17) is 0 Å². The van der Waals surface area contributed by atoms with Crippen LogP contribution in [0.3, 0.4) is 0 Å². The number of aliphatic hydroxyl groups excluding tert-OH is 1. The molecule has 0 aliphatic heterocycles. The zero-order valence-electron chi connectivity index (χ0n) is 9.07. The fraction of sp³-hybridized carbons (Fsp3) is 0.308. The van der Waals surface area contributed by atoms with Gasteiger partial charge in [0.1, 0.15) is 0 Å². The standard InChI is InChI=1S/C13H15NO/c1-9-7-11(8-10(2)15)12-5-3-4-6-13(12)14-9/h3-7,10,15H,8H2,1-2H3/t10-/m1/s1. The summed E-state index contributed by atoms with van der Waals surface area (Å²) in [5.74, 6) is 0. The number of pyridine rings is 1. The highest BCUT2D eigenvalue weighted by molar-refractivity contribution is 5.82. The minimum atomic E-state index is -0.310. The molecule has 0 aliphatic rings. The molecule has 0 unspecified atom stereocenters. The lowest BCUT2D eigenvalue weighted by atomic mass is 10.0. The average Bonchev–Trinajstić information content (AvgIpc) is 2.16. The van der Waals surface area contributed by atoms with E-state index in [9.17, 15) is 5.11 Å². The molecule has 0 spiro atoms. The number of fused-ring (bicyclic) bond motifs is 1. The van der Waals surface area contributed by atoms with E-state index in [0.29, 0.717) is 6.42 Å². The summed E-state index contributed by atoms with van der Waals surface area (Å²) < 4.78 is 0. The van der Waals surface area contributed by atoms with Gasteiger partial charge in [-0.15, -0.1) is 0 Å². The molecule has 1 heterocycles. The molecule has 1 aromatic carbocycles. The Labute approximate surface area is 89.6 Å². The molecule has 0 radical (unpaired) electrons. The molecule has 2 nitrogen and oxygen atoms in total. The van der Waals surface area contributed by atoms with Crippen LogP contribution in [0, 0.1) is 6.92 Å². The maximum absolute atomic E-state index is 9.44. The second-order valence-electron chi connectivity index (χ2n) is 3.99. The highest BCUT2D eigenvalue weighted by atomic mass is 16.3. The van der Waals surface area contributed by atoms with Crippen molar-refractivity contribution in [1.82, 2.24) is 4.98 Å². The third kappa shape index (κ3) is 2.16. The zero-order chi connectivity index (χ0) is 10.8. The Morgan fingerprint density at radius 2 is 2.07 bits per heavy atom. The molecule has 2 aromatic rings. The summed E-state index contributed by atoms with van der Waals surface area (Å²) in [5, 5.41) is 10.6. The normalized spacial score (nSPS) is 13.0. The summed E-state index contributed by atoms with van der Waals surface area (Å²) in [6.45, 7) is 3.79. The number of aryl methyl sites for hydroxylation is 1.